The predicted molar refractivity (Wildman–Crippen MR) is 77.2 cm³/mol. The van der Waals surface area contributed by atoms with Gasteiger partial charge in [0.2, 0.25) is 6.23 Å². The van der Waals surface area contributed by atoms with Crippen molar-refractivity contribution >= 4 is 11.0 Å². The molecule has 2 N–H and O–H groups in total. The molecule has 3 aromatic rings. The molecule has 126 valence electrons. The molecule has 0 unspecified atom stereocenters. The fraction of sp³-hybridized carbons (Fsp3) is 0.333. The van der Waals surface area contributed by atoms with E-state index < -0.39 is 31.0 Å². The summed E-state index contributed by atoms with van der Waals surface area (Å²) in [4.78, 5) is 8.19. The molecule has 9 heteroatoms. The molecule has 1 aliphatic rings. The zero-order valence-electron chi connectivity index (χ0n) is 12.2. The van der Waals surface area contributed by atoms with Crippen LogP contribution in [0.1, 0.15) is 6.23 Å². The van der Waals surface area contributed by atoms with Crippen LogP contribution in [0, 0.1) is 0 Å². The molecule has 0 radical (unpaired) electrons. The largest absolute Gasteiger partial charge is 0.463 e. The maximum absolute atomic E-state index is 14.3. The van der Waals surface area contributed by atoms with Gasteiger partial charge < -0.3 is 23.9 Å². The average molecular weight is 337 g/mol. The van der Waals surface area contributed by atoms with Gasteiger partial charge in [-0.05, 0) is 18.2 Å². The summed E-state index contributed by atoms with van der Waals surface area (Å²) in [5.74, 6) is -3.10. The highest BCUT2D eigenvalue weighted by Gasteiger charge is 2.59. The number of alkyl halides is 2. The average Bonchev–Trinajstić information content (AvgIpc) is 3.28. The number of aliphatic hydroxyl groups is 2. The van der Waals surface area contributed by atoms with Crippen molar-refractivity contribution in [3.63, 3.8) is 0 Å². The van der Waals surface area contributed by atoms with Crippen LogP contribution in [0.3, 0.4) is 0 Å². The number of ether oxygens (including phenoxy) is 1. The van der Waals surface area contributed by atoms with Gasteiger partial charge in [-0.3, -0.25) is 0 Å². The standard InChI is InChI=1S/C15H13F2N3O4/c16-15(17)12(22)10(6-21)24-14(15)20-4-3-8-11(9-2-1-5-23-9)18-7-19-13(8)20/h1-5,7,10,12,14,21-22H,6H2/t10-,12-,14+/m1/s1. The first-order valence-electron chi connectivity index (χ1n) is 7.21. The molecule has 0 aromatic carbocycles. The lowest BCUT2D eigenvalue weighted by molar-refractivity contribution is -0.138. The van der Waals surface area contributed by atoms with Gasteiger partial charge in [0.05, 0.1) is 12.9 Å². The summed E-state index contributed by atoms with van der Waals surface area (Å²) in [5.41, 5.74) is 0.677. The summed E-state index contributed by atoms with van der Waals surface area (Å²) in [6, 6.07) is 4.97. The van der Waals surface area contributed by atoms with Crippen molar-refractivity contribution in [1.29, 1.82) is 0 Å². The Kier molecular flexibility index (Phi) is 3.37. The minimum absolute atomic E-state index is 0.215. The van der Waals surface area contributed by atoms with Gasteiger partial charge >= 0.3 is 5.92 Å². The number of hydrogen-bond donors (Lipinski definition) is 2. The van der Waals surface area contributed by atoms with Crippen molar-refractivity contribution in [2.45, 2.75) is 24.4 Å². The van der Waals surface area contributed by atoms with E-state index >= 15 is 0 Å². The van der Waals surface area contributed by atoms with E-state index in [1.54, 1.807) is 18.2 Å². The first kappa shape index (κ1) is 15.2. The van der Waals surface area contributed by atoms with Crippen molar-refractivity contribution in [2.24, 2.45) is 0 Å². The molecule has 3 atom stereocenters. The smallest absolute Gasteiger partial charge is 0.320 e. The van der Waals surface area contributed by atoms with Crippen LogP contribution in [0.4, 0.5) is 8.78 Å². The zero-order chi connectivity index (χ0) is 16.9. The molecule has 1 saturated heterocycles. The molecular weight excluding hydrogens is 324 g/mol. The molecule has 4 rings (SSSR count). The van der Waals surface area contributed by atoms with Crippen molar-refractivity contribution in [3.05, 3.63) is 37.0 Å². The monoisotopic (exact) mass is 337 g/mol. The normalized spacial score (nSPS) is 26.2. The first-order valence-corrected chi connectivity index (χ1v) is 7.21. The number of nitrogens with zero attached hydrogens (tertiary/aromatic N) is 3. The Morgan fingerprint density at radius 2 is 2.12 bits per heavy atom. The Bertz CT molecular complexity index is 865. The molecule has 7 nitrogen and oxygen atoms in total. The van der Waals surface area contributed by atoms with E-state index in [9.17, 15) is 13.9 Å². The number of rotatable bonds is 3. The minimum Gasteiger partial charge on any atom is -0.463 e. The second-order valence-electron chi connectivity index (χ2n) is 5.49. The summed E-state index contributed by atoms with van der Waals surface area (Å²) in [7, 11) is 0. The van der Waals surface area contributed by atoms with E-state index in [1.165, 1.54) is 18.8 Å². The minimum atomic E-state index is -3.57. The predicted octanol–water partition coefficient (Wildman–Crippen LogP) is 1.58. The van der Waals surface area contributed by atoms with Gasteiger partial charge in [-0.15, -0.1) is 0 Å². The SMILES string of the molecule is OC[C@H]1O[C@H](n2ccc3c(-c4ccco4)ncnc32)C(F)(F)[C@@H]1O. The maximum Gasteiger partial charge on any atom is 0.320 e. The highest BCUT2D eigenvalue weighted by molar-refractivity contribution is 5.89. The fourth-order valence-corrected chi connectivity index (χ4v) is 2.89. The third-order valence-corrected chi connectivity index (χ3v) is 4.08. The van der Waals surface area contributed by atoms with Crippen molar-refractivity contribution < 1.29 is 28.1 Å². The van der Waals surface area contributed by atoms with E-state index in [4.69, 9.17) is 14.3 Å². The van der Waals surface area contributed by atoms with Crippen LogP contribution in [-0.2, 0) is 4.74 Å². The number of halogens is 2. The Balaban J connectivity index is 1.83. The van der Waals surface area contributed by atoms with E-state index in [0.717, 1.165) is 4.57 Å². The molecule has 0 spiro atoms. The molecule has 0 amide bonds. The molecular formula is C15H13F2N3O4. The van der Waals surface area contributed by atoms with E-state index in [0.29, 0.717) is 16.8 Å². The first-order chi connectivity index (χ1) is 11.5. The molecule has 0 aliphatic carbocycles. The van der Waals surface area contributed by atoms with Crippen LogP contribution in [0.2, 0.25) is 0 Å². The third-order valence-electron chi connectivity index (χ3n) is 4.08. The highest BCUT2D eigenvalue weighted by atomic mass is 19.3. The Hall–Kier alpha value is -2.36. The summed E-state index contributed by atoms with van der Waals surface area (Å²) < 4.78 is 40.3. The second-order valence-corrected chi connectivity index (χ2v) is 5.49. The number of fused-ring (bicyclic) bond motifs is 1. The third kappa shape index (κ3) is 2.05. The summed E-state index contributed by atoms with van der Waals surface area (Å²) in [6.45, 7) is -0.709. The lowest BCUT2D eigenvalue weighted by Gasteiger charge is -2.21. The van der Waals surface area contributed by atoms with Gasteiger partial charge in [0.15, 0.2) is 11.9 Å². The van der Waals surface area contributed by atoms with Gasteiger partial charge in [0, 0.05) is 11.6 Å². The number of hydrogen-bond acceptors (Lipinski definition) is 6. The van der Waals surface area contributed by atoms with Gasteiger partial charge in [-0.25, -0.2) is 9.97 Å². The van der Waals surface area contributed by atoms with E-state index in [1.807, 2.05) is 0 Å². The van der Waals surface area contributed by atoms with Crippen LogP contribution in [-0.4, -0.2) is 49.5 Å². The summed E-state index contributed by atoms with van der Waals surface area (Å²) in [6.07, 6.45) is -1.14. The van der Waals surface area contributed by atoms with E-state index in [-0.39, 0.29) is 5.65 Å². The highest BCUT2D eigenvalue weighted by Crippen LogP contribution is 2.44. The van der Waals surface area contributed by atoms with Crippen LogP contribution < -0.4 is 0 Å². The quantitative estimate of drug-likeness (QED) is 0.754. The molecule has 4 heterocycles. The van der Waals surface area contributed by atoms with Crippen molar-refractivity contribution in [3.8, 4) is 11.5 Å². The molecule has 3 aromatic heterocycles. The zero-order valence-corrected chi connectivity index (χ0v) is 12.2. The maximum atomic E-state index is 14.3. The van der Waals surface area contributed by atoms with Crippen molar-refractivity contribution in [1.82, 2.24) is 14.5 Å². The van der Waals surface area contributed by atoms with Gasteiger partial charge in [0.1, 0.15) is 23.8 Å². The number of aromatic nitrogens is 3. The second kappa shape index (κ2) is 5.33. The number of furan rings is 1. The van der Waals surface area contributed by atoms with Gasteiger partial charge in [-0.2, -0.15) is 8.78 Å². The van der Waals surface area contributed by atoms with E-state index in [2.05, 4.69) is 9.97 Å². The molecule has 0 saturated carbocycles. The lowest BCUT2D eigenvalue weighted by atomic mass is 10.1. The van der Waals surface area contributed by atoms with Gasteiger partial charge in [-0.1, -0.05) is 0 Å². The van der Waals surface area contributed by atoms with Crippen LogP contribution in [0.25, 0.3) is 22.5 Å². The lowest BCUT2D eigenvalue weighted by Crippen LogP contribution is -2.39. The Labute approximate surface area is 134 Å². The molecule has 1 aliphatic heterocycles. The van der Waals surface area contributed by atoms with Crippen LogP contribution in [0.15, 0.2) is 41.4 Å². The van der Waals surface area contributed by atoms with Crippen molar-refractivity contribution in [2.75, 3.05) is 6.61 Å². The van der Waals surface area contributed by atoms with Crippen LogP contribution in [0.5, 0.6) is 0 Å². The van der Waals surface area contributed by atoms with Crippen LogP contribution >= 0.6 is 0 Å². The Morgan fingerprint density at radius 3 is 2.79 bits per heavy atom. The number of aliphatic hydroxyl groups excluding tert-OH is 2. The summed E-state index contributed by atoms with van der Waals surface area (Å²) >= 11 is 0. The summed E-state index contributed by atoms with van der Waals surface area (Å²) in [5, 5.41) is 19.3. The topological polar surface area (TPSA) is 93.5 Å². The Morgan fingerprint density at radius 1 is 1.29 bits per heavy atom. The molecule has 1 fully saturated rings. The molecule has 24 heavy (non-hydrogen) atoms. The van der Waals surface area contributed by atoms with Gasteiger partial charge in [0.25, 0.3) is 0 Å². The fourth-order valence-electron chi connectivity index (χ4n) is 2.89. The molecule has 0 bridgehead atoms.